The van der Waals surface area contributed by atoms with Gasteiger partial charge in [-0.15, -0.1) is 0 Å². The van der Waals surface area contributed by atoms with Crippen LogP contribution in [0.2, 0.25) is 0 Å². The molecule has 2 aromatic heterocycles. The maximum Gasteiger partial charge on any atom is 0.331 e. The maximum absolute atomic E-state index is 12.3. The fraction of sp³-hybridized carbons (Fsp3) is 0.444. The standard InChI is InChI=1S/C18H24N4O4/c1-4-7-9-10-14(23)26-12-13-19-16-15(21(13)6-3)17(24)20-18(25)22(16)11-8-5-2/h4,7,9-10H,5-6,8,11-12H2,1-3H3,(H,20,24,25). The van der Waals surface area contributed by atoms with Crippen molar-refractivity contribution in [1.29, 1.82) is 0 Å². The van der Waals surface area contributed by atoms with Gasteiger partial charge in [-0.2, -0.15) is 0 Å². The summed E-state index contributed by atoms with van der Waals surface area (Å²) in [6, 6.07) is 0. The molecular weight excluding hydrogens is 336 g/mol. The predicted octanol–water partition coefficient (Wildman–Crippen LogP) is 1.88. The molecule has 0 bridgehead atoms. The van der Waals surface area contributed by atoms with Gasteiger partial charge in [0.15, 0.2) is 11.2 Å². The number of allylic oxidation sites excluding steroid dienone is 3. The van der Waals surface area contributed by atoms with E-state index in [1.165, 1.54) is 10.6 Å². The van der Waals surface area contributed by atoms with Gasteiger partial charge in [-0.25, -0.2) is 14.6 Å². The number of aryl methyl sites for hydroxylation is 2. The predicted molar refractivity (Wildman–Crippen MR) is 98.9 cm³/mol. The number of carbonyl (C=O) groups is 1. The van der Waals surface area contributed by atoms with E-state index in [9.17, 15) is 14.4 Å². The average Bonchev–Trinajstić information content (AvgIpc) is 2.99. The van der Waals surface area contributed by atoms with Crippen LogP contribution in [0.5, 0.6) is 0 Å². The number of hydrogen-bond donors (Lipinski definition) is 1. The summed E-state index contributed by atoms with van der Waals surface area (Å²) in [5.41, 5.74) is -0.324. The molecule has 140 valence electrons. The van der Waals surface area contributed by atoms with Crippen molar-refractivity contribution < 1.29 is 9.53 Å². The van der Waals surface area contributed by atoms with Crippen molar-refractivity contribution in [3.63, 3.8) is 0 Å². The van der Waals surface area contributed by atoms with Crippen molar-refractivity contribution >= 4 is 17.1 Å². The summed E-state index contributed by atoms with van der Waals surface area (Å²) < 4.78 is 8.32. The van der Waals surface area contributed by atoms with Crippen LogP contribution in [0.15, 0.2) is 33.9 Å². The highest BCUT2D eigenvalue weighted by molar-refractivity contribution is 5.82. The van der Waals surface area contributed by atoms with Crippen molar-refractivity contribution in [1.82, 2.24) is 19.1 Å². The number of aromatic amines is 1. The molecular formula is C18H24N4O4. The molecule has 0 radical (unpaired) electrons. The molecule has 0 aromatic carbocycles. The number of imidazole rings is 1. The van der Waals surface area contributed by atoms with Gasteiger partial charge >= 0.3 is 11.7 Å². The van der Waals surface area contributed by atoms with Gasteiger partial charge in [0.1, 0.15) is 12.4 Å². The molecule has 0 spiro atoms. The van der Waals surface area contributed by atoms with Crippen molar-refractivity contribution in [3.8, 4) is 0 Å². The van der Waals surface area contributed by atoms with Crippen LogP contribution in [0.4, 0.5) is 0 Å². The minimum Gasteiger partial charge on any atom is -0.454 e. The van der Waals surface area contributed by atoms with Gasteiger partial charge < -0.3 is 9.30 Å². The monoisotopic (exact) mass is 360 g/mol. The Labute approximate surface area is 150 Å². The fourth-order valence-corrected chi connectivity index (χ4v) is 2.62. The van der Waals surface area contributed by atoms with Gasteiger partial charge in [0.05, 0.1) is 0 Å². The molecule has 8 heteroatoms. The average molecular weight is 360 g/mol. The van der Waals surface area contributed by atoms with Crippen LogP contribution >= 0.6 is 0 Å². The Hall–Kier alpha value is -2.90. The molecule has 2 aromatic rings. The van der Waals surface area contributed by atoms with Gasteiger partial charge in [-0.1, -0.05) is 31.6 Å². The Balaban J connectivity index is 2.41. The highest BCUT2D eigenvalue weighted by Crippen LogP contribution is 2.13. The fourth-order valence-electron chi connectivity index (χ4n) is 2.62. The summed E-state index contributed by atoms with van der Waals surface area (Å²) in [6.07, 6.45) is 8.10. The molecule has 2 rings (SSSR count). The first-order chi connectivity index (χ1) is 12.5. The number of nitrogens with zero attached hydrogens (tertiary/aromatic N) is 3. The summed E-state index contributed by atoms with van der Waals surface area (Å²) in [7, 11) is 0. The number of H-pyrrole nitrogens is 1. The number of hydrogen-bond acceptors (Lipinski definition) is 5. The summed E-state index contributed by atoms with van der Waals surface area (Å²) in [5.74, 6) is -0.0771. The lowest BCUT2D eigenvalue weighted by Gasteiger charge is -2.06. The first kappa shape index (κ1) is 19.4. The molecule has 0 saturated carbocycles. The number of ether oxygens (including phenoxy) is 1. The highest BCUT2D eigenvalue weighted by Gasteiger charge is 2.18. The largest absolute Gasteiger partial charge is 0.454 e. The number of nitrogens with one attached hydrogen (secondary N) is 1. The van der Waals surface area contributed by atoms with E-state index in [0.717, 1.165) is 12.8 Å². The molecule has 0 saturated heterocycles. The van der Waals surface area contributed by atoms with Crippen molar-refractivity contribution in [3.05, 3.63) is 51.0 Å². The van der Waals surface area contributed by atoms with E-state index in [2.05, 4.69) is 9.97 Å². The molecule has 0 unspecified atom stereocenters. The Morgan fingerprint density at radius 2 is 2.00 bits per heavy atom. The number of rotatable bonds is 8. The topological polar surface area (TPSA) is 99.0 Å². The molecule has 0 aliphatic rings. The van der Waals surface area contributed by atoms with Crippen LogP contribution in [0.3, 0.4) is 0 Å². The van der Waals surface area contributed by atoms with Gasteiger partial charge in [0.25, 0.3) is 5.56 Å². The van der Waals surface area contributed by atoms with Gasteiger partial charge in [0, 0.05) is 19.2 Å². The summed E-state index contributed by atoms with van der Waals surface area (Å²) in [4.78, 5) is 42.9. The third-order valence-electron chi connectivity index (χ3n) is 3.90. The van der Waals surface area contributed by atoms with E-state index in [4.69, 9.17) is 4.74 Å². The summed E-state index contributed by atoms with van der Waals surface area (Å²) in [5, 5.41) is 0. The SMILES string of the molecule is CC=CC=CC(=O)OCc1nc2c(c(=O)[nH]c(=O)n2CCCC)n1CC. The Morgan fingerprint density at radius 3 is 2.65 bits per heavy atom. The van der Waals surface area contributed by atoms with E-state index in [-0.39, 0.29) is 6.61 Å². The minimum absolute atomic E-state index is 0.0804. The van der Waals surface area contributed by atoms with Crippen molar-refractivity contribution in [2.75, 3.05) is 0 Å². The second-order valence-corrected chi connectivity index (χ2v) is 5.70. The lowest BCUT2D eigenvalue weighted by atomic mass is 10.3. The maximum atomic E-state index is 12.3. The number of carbonyl (C=O) groups excluding carboxylic acids is 1. The Kier molecular flexibility index (Phi) is 6.71. The van der Waals surface area contributed by atoms with Gasteiger partial charge in [-0.3, -0.25) is 14.3 Å². The second-order valence-electron chi connectivity index (χ2n) is 5.70. The van der Waals surface area contributed by atoms with Crippen molar-refractivity contribution in [2.24, 2.45) is 0 Å². The number of fused-ring (bicyclic) bond motifs is 1. The molecule has 0 fully saturated rings. The second kappa shape index (κ2) is 8.98. The van der Waals surface area contributed by atoms with Crippen LogP contribution in [0.25, 0.3) is 11.2 Å². The highest BCUT2D eigenvalue weighted by atomic mass is 16.5. The van der Waals surface area contributed by atoms with E-state index in [1.807, 2.05) is 20.8 Å². The zero-order chi connectivity index (χ0) is 19.1. The first-order valence-electron chi connectivity index (χ1n) is 8.71. The van der Waals surface area contributed by atoms with Crippen molar-refractivity contribution in [2.45, 2.75) is 53.3 Å². The normalized spacial score (nSPS) is 11.8. The van der Waals surface area contributed by atoms with E-state index < -0.39 is 17.2 Å². The molecule has 0 atom stereocenters. The van der Waals surface area contributed by atoms with Crippen LogP contribution in [0.1, 0.15) is 39.4 Å². The molecule has 0 aliphatic carbocycles. The molecule has 1 N–H and O–H groups in total. The minimum atomic E-state index is -0.505. The number of unbranched alkanes of at least 4 members (excludes halogenated alkanes) is 1. The molecule has 0 aliphatic heterocycles. The van der Waals surface area contributed by atoms with Crippen LogP contribution in [-0.4, -0.2) is 25.1 Å². The molecule has 26 heavy (non-hydrogen) atoms. The molecule has 0 amide bonds. The van der Waals surface area contributed by atoms with E-state index in [0.29, 0.717) is 30.1 Å². The quantitative estimate of drug-likeness (QED) is 0.440. The Morgan fingerprint density at radius 1 is 1.23 bits per heavy atom. The smallest absolute Gasteiger partial charge is 0.331 e. The summed E-state index contributed by atoms with van der Waals surface area (Å²) in [6.45, 7) is 6.57. The van der Waals surface area contributed by atoms with Crippen LogP contribution in [0, 0.1) is 0 Å². The number of aromatic nitrogens is 4. The zero-order valence-electron chi connectivity index (χ0n) is 15.3. The van der Waals surface area contributed by atoms with E-state index >= 15 is 0 Å². The first-order valence-corrected chi connectivity index (χ1v) is 8.71. The third-order valence-corrected chi connectivity index (χ3v) is 3.90. The van der Waals surface area contributed by atoms with Crippen LogP contribution in [-0.2, 0) is 29.2 Å². The molecule has 2 heterocycles. The lowest BCUT2D eigenvalue weighted by molar-refractivity contribution is -0.139. The number of esters is 1. The third kappa shape index (κ3) is 4.19. The molecule has 8 nitrogen and oxygen atoms in total. The van der Waals surface area contributed by atoms with E-state index in [1.54, 1.807) is 22.8 Å². The van der Waals surface area contributed by atoms with Crippen LogP contribution < -0.4 is 11.2 Å². The van der Waals surface area contributed by atoms with Gasteiger partial charge in [0.2, 0.25) is 0 Å². The zero-order valence-corrected chi connectivity index (χ0v) is 15.3. The van der Waals surface area contributed by atoms with Gasteiger partial charge in [-0.05, 0) is 20.3 Å². The summed E-state index contributed by atoms with van der Waals surface area (Å²) >= 11 is 0. The Bertz CT molecular complexity index is 946. The lowest BCUT2D eigenvalue weighted by Crippen LogP contribution is -2.31.